The van der Waals surface area contributed by atoms with Crippen LogP contribution in [0.25, 0.3) is 0 Å². The molecule has 16 nitrogen and oxygen atoms in total. The summed E-state index contributed by atoms with van der Waals surface area (Å²) in [7, 11) is 0. The number of carboxylic acid groups (broad SMARTS) is 2. The summed E-state index contributed by atoms with van der Waals surface area (Å²) < 4.78 is 0. The van der Waals surface area contributed by atoms with Crippen LogP contribution < -0.4 is 38.9 Å². The van der Waals surface area contributed by atoms with Crippen molar-refractivity contribution < 1.29 is 39.0 Å². The van der Waals surface area contributed by atoms with Crippen LogP contribution in [0, 0.1) is 0 Å². The maximum atomic E-state index is 13.1. The molecular formula is C24H36N8O8. The zero-order valence-corrected chi connectivity index (χ0v) is 21.7. The lowest BCUT2D eigenvalue weighted by atomic mass is 10.0. The van der Waals surface area contributed by atoms with Crippen LogP contribution >= 0.6 is 0 Å². The molecule has 1 rings (SSSR count). The van der Waals surface area contributed by atoms with Crippen LogP contribution in [0.2, 0.25) is 0 Å². The second-order valence-corrected chi connectivity index (χ2v) is 8.87. The highest BCUT2D eigenvalue weighted by Gasteiger charge is 2.31. The van der Waals surface area contributed by atoms with E-state index >= 15 is 0 Å². The van der Waals surface area contributed by atoms with Crippen LogP contribution in [0.3, 0.4) is 0 Å². The Hall–Kier alpha value is -4.73. The van der Waals surface area contributed by atoms with Gasteiger partial charge in [-0.25, -0.2) is 4.79 Å². The predicted molar refractivity (Wildman–Crippen MR) is 142 cm³/mol. The number of benzene rings is 1. The van der Waals surface area contributed by atoms with Crippen LogP contribution in [-0.4, -0.2) is 82.5 Å². The maximum Gasteiger partial charge on any atom is 0.326 e. The Morgan fingerprint density at radius 1 is 0.800 bits per heavy atom. The van der Waals surface area contributed by atoms with Crippen molar-refractivity contribution in [3.05, 3.63) is 35.9 Å². The average molecular weight is 565 g/mol. The van der Waals surface area contributed by atoms with Crippen LogP contribution in [0.5, 0.6) is 0 Å². The van der Waals surface area contributed by atoms with Gasteiger partial charge in [-0.05, 0) is 24.8 Å². The van der Waals surface area contributed by atoms with E-state index in [9.17, 15) is 33.9 Å². The van der Waals surface area contributed by atoms with E-state index in [0.29, 0.717) is 5.56 Å². The molecule has 0 fully saturated rings. The molecule has 0 spiro atoms. The molecular weight excluding hydrogens is 528 g/mol. The largest absolute Gasteiger partial charge is 0.481 e. The average Bonchev–Trinajstić information content (AvgIpc) is 2.87. The third-order valence-electron chi connectivity index (χ3n) is 5.52. The zero-order valence-electron chi connectivity index (χ0n) is 21.7. The molecule has 0 saturated heterocycles. The first-order valence-electron chi connectivity index (χ1n) is 12.3. The Bertz CT molecular complexity index is 1080. The van der Waals surface area contributed by atoms with Gasteiger partial charge in [0.25, 0.3) is 0 Å². The number of carboxylic acids is 2. The number of hydrogen-bond donors (Lipinski definition) is 9. The molecule has 40 heavy (non-hydrogen) atoms. The van der Waals surface area contributed by atoms with Crippen molar-refractivity contribution in [2.45, 2.75) is 62.7 Å². The monoisotopic (exact) mass is 564 g/mol. The molecule has 0 aliphatic carbocycles. The van der Waals surface area contributed by atoms with Crippen molar-refractivity contribution in [2.24, 2.45) is 27.9 Å². The molecule has 13 N–H and O–H groups in total. The summed E-state index contributed by atoms with van der Waals surface area (Å²) in [6.45, 7) is 0.0918. The molecule has 1 aromatic carbocycles. The summed E-state index contributed by atoms with van der Waals surface area (Å²) in [5, 5.41) is 25.6. The highest BCUT2D eigenvalue weighted by Crippen LogP contribution is 2.07. The van der Waals surface area contributed by atoms with Gasteiger partial charge in [0, 0.05) is 19.4 Å². The molecule has 4 unspecified atom stereocenters. The minimum absolute atomic E-state index is 0.0376. The molecule has 4 amide bonds. The van der Waals surface area contributed by atoms with E-state index in [0.717, 1.165) is 0 Å². The van der Waals surface area contributed by atoms with Crippen molar-refractivity contribution in [2.75, 3.05) is 6.54 Å². The quantitative estimate of drug-likeness (QED) is 0.0488. The van der Waals surface area contributed by atoms with Gasteiger partial charge < -0.3 is 49.1 Å². The van der Waals surface area contributed by atoms with E-state index in [4.69, 9.17) is 28.0 Å². The third-order valence-corrected chi connectivity index (χ3v) is 5.52. The normalized spacial score (nSPS) is 13.5. The van der Waals surface area contributed by atoms with Gasteiger partial charge in [-0.3, -0.25) is 29.0 Å². The second kappa shape index (κ2) is 17.0. The summed E-state index contributed by atoms with van der Waals surface area (Å²) >= 11 is 0. The Kier molecular flexibility index (Phi) is 14.1. The van der Waals surface area contributed by atoms with Gasteiger partial charge in [-0.1, -0.05) is 30.3 Å². The molecule has 0 heterocycles. The van der Waals surface area contributed by atoms with Crippen molar-refractivity contribution in [3.63, 3.8) is 0 Å². The van der Waals surface area contributed by atoms with Gasteiger partial charge in [-0.15, -0.1) is 0 Å². The van der Waals surface area contributed by atoms with Gasteiger partial charge in [0.05, 0.1) is 12.5 Å². The number of aliphatic imine (C=N–C) groups is 1. The number of carbonyl (C=O) groups is 6. The van der Waals surface area contributed by atoms with Gasteiger partial charge in [0.1, 0.15) is 18.1 Å². The number of aliphatic carboxylic acids is 2. The van der Waals surface area contributed by atoms with E-state index in [1.54, 1.807) is 30.3 Å². The Balaban J connectivity index is 3.09. The van der Waals surface area contributed by atoms with Crippen molar-refractivity contribution in [1.29, 1.82) is 0 Å². The first kappa shape index (κ1) is 33.3. The van der Waals surface area contributed by atoms with Crippen molar-refractivity contribution >= 4 is 41.5 Å². The zero-order chi connectivity index (χ0) is 30.2. The smallest absolute Gasteiger partial charge is 0.326 e. The summed E-state index contributed by atoms with van der Waals surface area (Å²) in [6, 6.07) is 2.99. The summed E-state index contributed by atoms with van der Waals surface area (Å²) in [5.41, 5.74) is 22.0. The topological polar surface area (TPSA) is 295 Å². The minimum Gasteiger partial charge on any atom is -0.481 e. The fourth-order valence-electron chi connectivity index (χ4n) is 3.48. The molecule has 16 heteroatoms. The number of carbonyl (C=O) groups excluding carboxylic acids is 4. The summed E-state index contributed by atoms with van der Waals surface area (Å²) in [6.07, 6.45) is -1.18. The number of guanidine groups is 1. The van der Waals surface area contributed by atoms with E-state index in [-0.39, 0.29) is 44.6 Å². The van der Waals surface area contributed by atoms with E-state index in [2.05, 4.69) is 20.9 Å². The molecule has 0 bridgehead atoms. The van der Waals surface area contributed by atoms with Crippen molar-refractivity contribution in [3.8, 4) is 0 Å². The molecule has 4 atom stereocenters. The van der Waals surface area contributed by atoms with Crippen LogP contribution in [0.1, 0.15) is 37.7 Å². The predicted octanol–water partition coefficient (Wildman–Crippen LogP) is -3.11. The van der Waals surface area contributed by atoms with Gasteiger partial charge in [-0.2, -0.15) is 0 Å². The number of nitrogens with zero attached hydrogens (tertiary/aromatic N) is 1. The van der Waals surface area contributed by atoms with Gasteiger partial charge in [0.15, 0.2) is 5.96 Å². The Labute approximate surface area is 229 Å². The number of rotatable bonds is 18. The standard InChI is InChI=1S/C24H36N8O8/c25-14(12-19(34)35)20(36)30-15(7-4-10-29-24(27)28)21(37)31-16(8-9-18(26)33)22(38)32-17(23(39)40)11-13-5-2-1-3-6-13/h1-3,5-6,14-17H,4,7-12,25H2,(H2,26,33)(H,30,36)(H,31,37)(H,32,38)(H,34,35)(H,39,40)(H4,27,28,29). The van der Waals surface area contributed by atoms with Crippen LogP contribution in [-0.2, 0) is 35.2 Å². The third kappa shape index (κ3) is 13.2. The first-order chi connectivity index (χ1) is 18.8. The number of nitrogens with one attached hydrogen (secondary N) is 3. The lowest BCUT2D eigenvalue weighted by molar-refractivity contribution is -0.142. The van der Waals surface area contributed by atoms with Crippen LogP contribution in [0.15, 0.2) is 35.3 Å². The maximum absolute atomic E-state index is 13.1. The fourth-order valence-corrected chi connectivity index (χ4v) is 3.48. The van der Waals surface area contributed by atoms with Gasteiger partial charge >= 0.3 is 11.9 Å². The van der Waals surface area contributed by atoms with E-state index in [1.165, 1.54) is 0 Å². The summed E-state index contributed by atoms with van der Waals surface area (Å²) in [4.78, 5) is 76.5. The lowest BCUT2D eigenvalue weighted by Crippen LogP contribution is -2.57. The number of hydrogen-bond acceptors (Lipinski definition) is 8. The summed E-state index contributed by atoms with van der Waals surface area (Å²) in [5.74, 6) is -6.33. The molecule has 0 aromatic heterocycles. The van der Waals surface area contributed by atoms with E-state index < -0.39 is 66.2 Å². The SMILES string of the molecule is NC(=O)CCC(NC(=O)C(CCCN=C(N)N)NC(=O)C(N)CC(=O)O)C(=O)NC(Cc1ccccc1)C(=O)O. The second-order valence-electron chi connectivity index (χ2n) is 8.87. The Morgan fingerprint density at radius 2 is 1.35 bits per heavy atom. The number of primary amides is 1. The number of nitrogens with two attached hydrogens (primary N) is 4. The fraction of sp³-hybridized carbons (Fsp3) is 0.458. The number of amides is 4. The minimum atomic E-state index is -1.46. The molecule has 1 aromatic rings. The van der Waals surface area contributed by atoms with Crippen LogP contribution in [0.4, 0.5) is 0 Å². The first-order valence-corrected chi connectivity index (χ1v) is 12.3. The molecule has 0 aliphatic heterocycles. The highest BCUT2D eigenvalue weighted by atomic mass is 16.4. The molecule has 220 valence electrons. The van der Waals surface area contributed by atoms with E-state index in [1.807, 2.05) is 0 Å². The lowest BCUT2D eigenvalue weighted by Gasteiger charge is -2.25. The molecule has 0 aliphatic rings. The highest BCUT2D eigenvalue weighted by molar-refractivity contribution is 5.95. The Morgan fingerprint density at radius 3 is 1.88 bits per heavy atom. The molecule has 0 radical (unpaired) electrons. The van der Waals surface area contributed by atoms with Crippen molar-refractivity contribution in [1.82, 2.24) is 16.0 Å². The molecule has 0 saturated carbocycles. The van der Waals surface area contributed by atoms with Gasteiger partial charge in [0.2, 0.25) is 23.6 Å².